The van der Waals surface area contributed by atoms with Gasteiger partial charge in [-0.1, -0.05) is 12.1 Å². The maximum absolute atomic E-state index is 4.88. The summed E-state index contributed by atoms with van der Waals surface area (Å²) in [5, 5.41) is 0. The third-order valence-corrected chi connectivity index (χ3v) is 1.59. The molecule has 0 amide bonds. The molecular formula is C10H8Cl2N2PtRe. The largest absolute Gasteiger partial charge is 0.255 e. The van der Waals surface area contributed by atoms with E-state index < -0.39 is 16.5 Å². The van der Waals surface area contributed by atoms with Crippen molar-refractivity contribution >= 4 is 18.8 Å². The van der Waals surface area contributed by atoms with E-state index in [-0.39, 0.29) is 20.4 Å². The second kappa shape index (κ2) is 10.4. The molecule has 0 saturated carbocycles. The van der Waals surface area contributed by atoms with Gasteiger partial charge >= 0.3 is 35.3 Å². The van der Waals surface area contributed by atoms with Gasteiger partial charge in [0.05, 0.1) is 11.4 Å². The monoisotopic (exact) mass is 608 g/mol. The normalized spacial score (nSPS) is 8.62. The van der Waals surface area contributed by atoms with Crippen LogP contribution in [0.25, 0.3) is 11.4 Å². The molecule has 0 bridgehead atoms. The van der Waals surface area contributed by atoms with E-state index >= 15 is 0 Å². The van der Waals surface area contributed by atoms with E-state index in [1.165, 1.54) is 0 Å². The van der Waals surface area contributed by atoms with Gasteiger partial charge in [0, 0.05) is 32.8 Å². The first-order valence-electron chi connectivity index (χ1n) is 4.03. The van der Waals surface area contributed by atoms with Crippen molar-refractivity contribution in [1.29, 1.82) is 0 Å². The van der Waals surface area contributed by atoms with Crippen molar-refractivity contribution < 1.29 is 36.9 Å². The number of hydrogen-bond acceptors (Lipinski definition) is 2. The fraction of sp³-hybridized carbons (Fsp3) is 0. The summed E-state index contributed by atoms with van der Waals surface area (Å²) < 4.78 is 0. The Kier molecular flexibility index (Phi) is 10.5. The molecule has 0 spiro atoms. The average molecular weight is 608 g/mol. The molecule has 0 aliphatic heterocycles. The number of rotatable bonds is 1. The van der Waals surface area contributed by atoms with E-state index in [1.54, 1.807) is 12.4 Å². The summed E-state index contributed by atoms with van der Waals surface area (Å²) in [5.74, 6) is 0. The summed E-state index contributed by atoms with van der Waals surface area (Å²) in [7, 11) is 9.75. The number of halogens is 2. The minimum absolute atomic E-state index is 0. The first kappa shape index (κ1) is 16.2. The molecular weight excluding hydrogens is 600 g/mol. The summed E-state index contributed by atoms with van der Waals surface area (Å²) in [6.07, 6.45) is 3.54. The topological polar surface area (TPSA) is 25.8 Å². The van der Waals surface area contributed by atoms with Crippen LogP contribution in [0.5, 0.6) is 0 Å². The summed E-state index contributed by atoms with van der Waals surface area (Å²) in [4.78, 5) is 8.37. The molecule has 2 rings (SSSR count). The van der Waals surface area contributed by atoms with Gasteiger partial charge in [0.25, 0.3) is 0 Å². The van der Waals surface area contributed by atoms with Crippen molar-refractivity contribution in [3.05, 3.63) is 48.8 Å². The van der Waals surface area contributed by atoms with E-state index in [2.05, 4.69) is 9.97 Å². The van der Waals surface area contributed by atoms with Crippen LogP contribution in [-0.2, 0) is 36.9 Å². The quantitative estimate of drug-likeness (QED) is 0.496. The molecule has 89 valence electrons. The van der Waals surface area contributed by atoms with Crippen LogP contribution in [0.2, 0.25) is 0 Å². The molecule has 2 aromatic rings. The van der Waals surface area contributed by atoms with Crippen LogP contribution in [0.3, 0.4) is 0 Å². The molecule has 0 fully saturated rings. The van der Waals surface area contributed by atoms with E-state index in [0.717, 1.165) is 11.4 Å². The summed E-state index contributed by atoms with van der Waals surface area (Å²) >= 11 is -0.472. The van der Waals surface area contributed by atoms with Crippen molar-refractivity contribution in [2.24, 2.45) is 0 Å². The molecule has 0 unspecified atom stereocenters. The van der Waals surface area contributed by atoms with E-state index in [1.807, 2.05) is 36.4 Å². The van der Waals surface area contributed by atoms with Crippen LogP contribution in [0.4, 0.5) is 0 Å². The van der Waals surface area contributed by atoms with Gasteiger partial charge in [-0.15, -0.1) is 0 Å². The van der Waals surface area contributed by atoms with Crippen molar-refractivity contribution in [3.8, 4) is 11.4 Å². The Morgan fingerprint density at radius 3 is 1.44 bits per heavy atom. The summed E-state index contributed by atoms with van der Waals surface area (Å²) in [6, 6.07) is 11.6. The van der Waals surface area contributed by atoms with Gasteiger partial charge < -0.3 is 0 Å². The Hall–Kier alpha value is 0.231. The average Bonchev–Trinajstić information content (AvgIpc) is 2.32. The number of pyridine rings is 2. The minimum atomic E-state index is -0.472. The molecule has 0 N–H and O–H groups in total. The van der Waals surface area contributed by atoms with Crippen LogP contribution in [0.15, 0.2) is 48.8 Å². The standard InChI is InChI=1S/C10H8N2.2ClH.Pt.Re/c1-3-7-11-9(5-1)10-6-2-4-8-12-10;;;;/h1-8H;2*1H;;/q;;;+2;/p-2. The third-order valence-electron chi connectivity index (χ3n) is 1.59. The fourth-order valence-electron chi connectivity index (χ4n) is 1.03. The minimum Gasteiger partial charge on any atom is -0.255 e. The first-order valence-corrected chi connectivity index (χ1v) is 9.66. The molecule has 1 radical (unpaired) electrons. The van der Waals surface area contributed by atoms with Gasteiger partial charge in [-0.05, 0) is 24.3 Å². The predicted molar refractivity (Wildman–Crippen MR) is 59.2 cm³/mol. The van der Waals surface area contributed by atoms with Crippen LogP contribution in [0, 0.1) is 0 Å². The molecule has 0 aromatic carbocycles. The first-order chi connectivity index (χ1) is 7.38. The molecule has 0 aliphatic rings. The molecule has 0 atom stereocenters. The second-order valence-electron chi connectivity index (χ2n) is 2.48. The molecule has 2 nitrogen and oxygen atoms in total. The van der Waals surface area contributed by atoms with Gasteiger partial charge in [0.15, 0.2) is 0 Å². The maximum atomic E-state index is 4.88. The van der Waals surface area contributed by atoms with Gasteiger partial charge in [-0.25, -0.2) is 0 Å². The van der Waals surface area contributed by atoms with E-state index in [0.29, 0.717) is 0 Å². The van der Waals surface area contributed by atoms with Crippen LogP contribution < -0.4 is 0 Å². The van der Waals surface area contributed by atoms with Crippen LogP contribution in [0.1, 0.15) is 0 Å². The SMILES string of the molecule is [Cl][Pt][Cl].[Re].c1ccc(-c2ccccn2)nc1. The number of aromatic nitrogens is 2. The van der Waals surface area contributed by atoms with Crippen molar-refractivity contribution in [2.45, 2.75) is 0 Å². The maximum Gasteiger partial charge on any atom is 0.0886 e. The Labute approximate surface area is 125 Å². The van der Waals surface area contributed by atoms with E-state index in [9.17, 15) is 0 Å². The zero-order chi connectivity index (χ0) is 10.9. The molecule has 6 heteroatoms. The third kappa shape index (κ3) is 6.09. The Morgan fingerprint density at radius 1 is 0.812 bits per heavy atom. The number of hydrogen-bond donors (Lipinski definition) is 0. The second-order valence-corrected chi connectivity index (χ2v) is 5.76. The molecule has 2 heterocycles. The van der Waals surface area contributed by atoms with Crippen LogP contribution >= 0.6 is 18.8 Å². The number of nitrogens with zero attached hydrogens (tertiary/aromatic N) is 2. The summed E-state index contributed by atoms with van der Waals surface area (Å²) in [6.45, 7) is 0. The zero-order valence-corrected chi connectivity index (χ0v) is 14.5. The zero-order valence-electron chi connectivity index (χ0n) is 7.96. The Balaban J connectivity index is 0.000000511. The summed E-state index contributed by atoms with van der Waals surface area (Å²) in [5.41, 5.74) is 1.83. The Bertz CT molecular complexity index is 338. The van der Waals surface area contributed by atoms with Crippen molar-refractivity contribution in [3.63, 3.8) is 0 Å². The van der Waals surface area contributed by atoms with Gasteiger partial charge in [-0.3, -0.25) is 9.97 Å². The van der Waals surface area contributed by atoms with E-state index in [4.69, 9.17) is 18.8 Å². The molecule has 0 saturated heterocycles. The molecule has 16 heavy (non-hydrogen) atoms. The fourth-order valence-corrected chi connectivity index (χ4v) is 1.03. The molecule has 0 aliphatic carbocycles. The van der Waals surface area contributed by atoms with Crippen LogP contribution in [-0.4, -0.2) is 9.97 Å². The van der Waals surface area contributed by atoms with Gasteiger partial charge in [0.1, 0.15) is 0 Å². The predicted octanol–water partition coefficient (Wildman–Crippen LogP) is 3.52. The van der Waals surface area contributed by atoms with Gasteiger partial charge in [-0.2, -0.15) is 0 Å². The Morgan fingerprint density at radius 2 is 1.19 bits per heavy atom. The van der Waals surface area contributed by atoms with Crippen molar-refractivity contribution in [1.82, 2.24) is 9.97 Å². The smallest absolute Gasteiger partial charge is 0.0886 e. The van der Waals surface area contributed by atoms with Gasteiger partial charge in [0.2, 0.25) is 0 Å². The molecule has 2 aromatic heterocycles. The van der Waals surface area contributed by atoms with Crippen molar-refractivity contribution in [2.75, 3.05) is 0 Å².